The lowest BCUT2D eigenvalue weighted by Crippen LogP contribution is -2.20. The van der Waals surface area contributed by atoms with Gasteiger partial charge in [0, 0.05) is 0 Å². The maximum atomic E-state index is 11.9. The van der Waals surface area contributed by atoms with Gasteiger partial charge in [-0.25, -0.2) is 18.4 Å². The molecule has 0 radical (unpaired) electrons. The molecule has 1 N–H and O–H groups in total. The van der Waals surface area contributed by atoms with Crippen molar-refractivity contribution >= 4 is 21.4 Å². The molecule has 2 rings (SSSR count). The molecule has 0 bridgehead atoms. The lowest BCUT2D eigenvalue weighted by molar-refractivity contribution is 0.562. The quantitative estimate of drug-likeness (QED) is 0.803. The minimum absolute atomic E-state index is 0.0988. The van der Waals surface area contributed by atoms with Gasteiger partial charge in [0.1, 0.15) is 0 Å². The van der Waals surface area contributed by atoms with Crippen LogP contribution in [0.4, 0.5) is 0 Å². The molecule has 1 fully saturated rings. The number of nitrogens with zero attached hydrogens (tertiary/aromatic N) is 2. The van der Waals surface area contributed by atoms with E-state index in [1.54, 1.807) is 0 Å². The highest BCUT2D eigenvalue weighted by atomic mass is 35.5. The van der Waals surface area contributed by atoms with Crippen LogP contribution in [-0.4, -0.2) is 37.2 Å². The van der Waals surface area contributed by atoms with E-state index in [1.165, 1.54) is 12.4 Å². The van der Waals surface area contributed by atoms with E-state index in [1.807, 2.05) is 0 Å². The predicted molar refractivity (Wildman–Crippen MR) is 60.1 cm³/mol. The SMILES string of the molecule is O=S(=O)(C[C@H]1CCNC1)c1ncc(Cl)cn1. The fraction of sp³-hybridized carbons (Fsp3) is 0.556. The van der Waals surface area contributed by atoms with Gasteiger partial charge in [-0.15, -0.1) is 0 Å². The molecule has 1 aromatic rings. The van der Waals surface area contributed by atoms with E-state index >= 15 is 0 Å². The van der Waals surface area contributed by atoms with Gasteiger partial charge in [-0.05, 0) is 25.4 Å². The summed E-state index contributed by atoms with van der Waals surface area (Å²) >= 11 is 5.60. The van der Waals surface area contributed by atoms with Crippen LogP contribution in [0.1, 0.15) is 6.42 Å². The van der Waals surface area contributed by atoms with E-state index in [-0.39, 0.29) is 16.8 Å². The summed E-state index contributed by atoms with van der Waals surface area (Å²) in [5.41, 5.74) is 0. The van der Waals surface area contributed by atoms with Gasteiger partial charge in [0.15, 0.2) is 0 Å². The van der Waals surface area contributed by atoms with Gasteiger partial charge in [0.2, 0.25) is 15.0 Å². The third kappa shape index (κ3) is 2.69. The first-order chi connectivity index (χ1) is 7.58. The largest absolute Gasteiger partial charge is 0.316 e. The first kappa shape index (κ1) is 11.8. The lowest BCUT2D eigenvalue weighted by Gasteiger charge is -2.07. The van der Waals surface area contributed by atoms with Crippen LogP contribution in [0.3, 0.4) is 0 Å². The highest BCUT2D eigenvalue weighted by molar-refractivity contribution is 7.91. The topological polar surface area (TPSA) is 72.0 Å². The lowest BCUT2D eigenvalue weighted by atomic mass is 10.2. The zero-order chi connectivity index (χ0) is 11.6. The van der Waals surface area contributed by atoms with E-state index in [4.69, 9.17) is 11.6 Å². The number of sulfone groups is 1. The number of hydrogen-bond acceptors (Lipinski definition) is 5. The van der Waals surface area contributed by atoms with Crippen molar-refractivity contribution in [1.82, 2.24) is 15.3 Å². The average Bonchev–Trinajstić information content (AvgIpc) is 2.70. The van der Waals surface area contributed by atoms with Gasteiger partial charge in [-0.1, -0.05) is 11.6 Å². The van der Waals surface area contributed by atoms with Gasteiger partial charge in [-0.2, -0.15) is 0 Å². The second kappa shape index (κ2) is 4.65. The Morgan fingerprint density at radius 3 is 2.69 bits per heavy atom. The fourth-order valence-electron chi connectivity index (χ4n) is 1.70. The summed E-state index contributed by atoms with van der Waals surface area (Å²) in [6.07, 6.45) is 3.48. The summed E-state index contributed by atoms with van der Waals surface area (Å²) in [7, 11) is -3.38. The molecule has 0 amide bonds. The third-order valence-electron chi connectivity index (χ3n) is 2.49. The summed E-state index contributed by atoms with van der Waals surface area (Å²) in [5, 5.41) is 3.33. The van der Waals surface area contributed by atoms with Crippen LogP contribution in [0.2, 0.25) is 5.02 Å². The Kier molecular flexibility index (Phi) is 3.41. The van der Waals surface area contributed by atoms with E-state index < -0.39 is 9.84 Å². The minimum atomic E-state index is -3.38. The standard InChI is InChI=1S/C9H12ClN3O2S/c10-8-4-12-9(13-5-8)16(14,15)6-7-1-2-11-3-7/h4-5,7,11H,1-3,6H2/t7-/m0/s1. The molecule has 1 aliphatic rings. The molecule has 1 saturated heterocycles. The monoisotopic (exact) mass is 261 g/mol. The fourth-order valence-corrected chi connectivity index (χ4v) is 3.28. The van der Waals surface area contributed by atoms with Crippen molar-refractivity contribution in [1.29, 1.82) is 0 Å². The summed E-state index contributed by atoms with van der Waals surface area (Å²) in [5.74, 6) is 0.256. The average molecular weight is 262 g/mol. The van der Waals surface area contributed by atoms with Crippen LogP contribution in [0.15, 0.2) is 17.6 Å². The molecule has 0 unspecified atom stereocenters. The van der Waals surface area contributed by atoms with Crippen molar-refractivity contribution in [2.75, 3.05) is 18.8 Å². The smallest absolute Gasteiger partial charge is 0.247 e. The number of nitrogens with one attached hydrogen (secondary N) is 1. The van der Waals surface area contributed by atoms with Gasteiger partial charge in [-0.3, -0.25) is 0 Å². The molecule has 0 aliphatic carbocycles. The van der Waals surface area contributed by atoms with Gasteiger partial charge >= 0.3 is 0 Å². The zero-order valence-electron chi connectivity index (χ0n) is 8.56. The highest BCUT2D eigenvalue weighted by Gasteiger charge is 2.25. The van der Waals surface area contributed by atoms with Crippen molar-refractivity contribution in [3.63, 3.8) is 0 Å². The van der Waals surface area contributed by atoms with Crippen molar-refractivity contribution in [3.8, 4) is 0 Å². The maximum Gasteiger partial charge on any atom is 0.247 e. The zero-order valence-corrected chi connectivity index (χ0v) is 10.1. The van der Waals surface area contributed by atoms with E-state index in [9.17, 15) is 8.42 Å². The van der Waals surface area contributed by atoms with Crippen molar-refractivity contribution < 1.29 is 8.42 Å². The number of rotatable bonds is 3. The summed E-state index contributed by atoms with van der Waals surface area (Å²) in [6.45, 7) is 1.62. The molecule has 1 aromatic heterocycles. The summed E-state index contributed by atoms with van der Waals surface area (Å²) < 4.78 is 23.8. The molecule has 88 valence electrons. The molecule has 7 heteroatoms. The van der Waals surface area contributed by atoms with Crippen LogP contribution in [0.5, 0.6) is 0 Å². The first-order valence-corrected chi connectivity index (χ1v) is 7.02. The Labute approximate surface area is 99.2 Å². The van der Waals surface area contributed by atoms with Crippen LogP contribution in [0, 0.1) is 5.92 Å². The van der Waals surface area contributed by atoms with Gasteiger partial charge in [0.05, 0.1) is 23.2 Å². The van der Waals surface area contributed by atoms with Crippen LogP contribution in [0.25, 0.3) is 0 Å². The Hall–Kier alpha value is -0.720. The molecule has 16 heavy (non-hydrogen) atoms. The van der Waals surface area contributed by atoms with E-state index in [0.29, 0.717) is 5.02 Å². The van der Waals surface area contributed by atoms with Crippen LogP contribution >= 0.6 is 11.6 Å². The first-order valence-electron chi connectivity index (χ1n) is 4.99. The predicted octanol–water partition coefficient (Wildman–Crippen LogP) is 0.513. The molecule has 0 aromatic carbocycles. The molecular weight excluding hydrogens is 250 g/mol. The Bertz CT molecular complexity index is 454. The molecule has 0 saturated carbocycles. The number of aromatic nitrogens is 2. The van der Waals surface area contributed by atoms with Crippen molar-refractivity contribution in [2.45, 2.75) is 11.6 Å². The molecular formula is C9H12ClN3O2S. The number of hydrogen-bond donors (Lipinski definition) is 1. The minimum Gasteiger partial charge on any atom is -0.316 e. The van der Waals surface area contributed by atoms with Crippen molar-refractivity contribution in [2.24, 2.45) is 5.92 Å². The second-order valence-corrected chi connectivity index (χ2v) is 6.19. The number of halogens is 1. The molecule has 0 spiro atoms. The second-order valence-electron chi connectivity index (χ2n) is 3.82. The normalized spacial score (nSPS) is 21.2. The summed E-state index contributed by atoms with van der Waals surface area (Å²) in [4.78, 5) is 7.48. The van der Waals surface area contributed by atoms with Gasteiger partial charge in [0.25, 0.3) is 0 Å². The molecule has 5 nitrogen and oxygen atoms in total. The molecule has 2 heterocycles. The Balaban J connectivity index is 2.14. The molecule has 1 aliphatic heterocycles. The van der Waals surface area contributed by atoms with Crippen LogP contribution in [-0.2, 0) is 9.84 Å². The Morgan fingerprint density at radius 1 is 1.44 bits per heavy atom. The summed E-state index contributed by atoms with van der Waals surface area (Å²) in [6, 6.07) is 0. The maximum absolute atomic E-state index is 11.9. The van der Waals surface area contributed by atoms with E-state index in [0.717, 1.165) is 19.5 Å². The Morgan fingerprint density at radius 2 is 2.12 bits per heavy atom. The van der Waals surface area contributed by atoms with Crippen LogP contribution < -0.4 is 5.32 Å². The van der Waals surface area contributed by atoms with E-state index in [2.05, 4.69) is 15.3 Å². The third-order valence-corrected chi connectivity index (χ3v) is 4.36. The molecule has 1 atom stereocenters. The highest BCUT2D eigenvalue weighted by Crippen LogP contribution is 2.15. The van der Waals surface area contributed by atoms with Crippen molar-refractivity contribution in [3.05, 3.63) is 17.4 Å². The van der Waals surface area contributed by atoms with Gasteiger partial charge < -0.3 is 5.32 Å².